The number of rotatable bonds is 2. The Hall–Kier alpha value is -2.21. The monoisotopic (exact) mass is 311 g/mol. The first kappa shape index (κ1) is 13.5. The summed E-state index contributed by atoms with van der Waals surface area (Å²) in [5.74, 6) is 1.25. The lowest BCUT2D eigenvalue weighted by Crippen LogP contribution is -2.24. The van der Waals surface area contributed by atoms with E-state index in [1.807, 2.05) is 19.1 Å². The molecule has 1 aliphatic heterocycles. The molecule has 1 saturated heterocycles. The van der Waals surface area contributed by atoms with Gasteiger partial charge in [-0.25, -0.2) is 9.97 Å². The number of aryl methyl sites for hydroxylation is 1. The van der Waals surface area contributed by atoms with E-state index in [9.17, 15) is 0 Å². The third-order valence-corrected chi connectivity index (χ3v) is 5.14. The van der Waals surface area contributed by atoms with E-state index in [4.69, 9.17) is 10.7 Å². The van der Waals surface area contributed by atoms with Crippen LogP contribution in [0, 0.1) is 6.92 Å². The quantitative estimate of drug-likeness (QED) is 0.786. The topological polar surface area (TPSA) is 67.9 Å². The number of nitrogens with zero attached hydrogens (tertiary/aromatic N) is 4. The predicted octanol–water partition coefficient (Wildman–Crippen LogP) is 3.32. The fourth-order valence-electron chi connectivity index (χ4n) is 3.05. The molecule has 0 unspecified atom stereocenters. The van der Waals surface area contributed by atoms with Gasteiger partial charge in [-0.1, -0.05) is 12.1 Å². The Bertz CT molecular complexity index is 775. The molecule has 0 saturated carbocycles. The molecular formula is C16H17N5S. The summed E-state index contributed by atoms with van der Waals surface area (Å²) in [7, 11) is 0. The van der Waals surface area contributed by atoms with Crippen molar-refractivity contribution in [2.24, 2.45) is 0 Å². The molecule has 22 heavy (non-hydrogen) atoms. The van der Waals surface area contributed by atoms with Crippen LogP contribution in [0.5, 0.6) is 0 Å². The number of fused-ring (bicyclic) bond motifs is 1. The summed E-state index contributed by atoms with van der Waals surface area (Å²) >= 11 is 1.77. The largest absolute Gasteiger partial charge is 0.368 e. The van der Waals surface area contributed by atoms with Crippen LogP contribution in [0.25, 0.3) is 10.2 Å². The van der Waals surface area contributed by atoms with E-state index in [1.165, 1.54) is 4.70 Å². The zero-order chi connectivity index (χ0) is 15.1. The van der Waals surface area contributed by atoms with Gasteiger partial charge in [-0.3, -0.25) is 0 Å². The van der Waals surface area contributed by atoms with Crippen molar-refractivity contribution in [2.45, 2.75) is 25.8 Å². The molecule has 1 aliphatic rings. The van der Waals surface area contributed by atoms with Crippen LogP contribution in [0.3, 0.4) is 0 Å². The molecule has 0 radical (unpaired) electrons. The number of benzene rings is 1. The second-order valence-corrected chi connectivity index (χ2v) is 6.66. The summed E-state index contributed by atoms with van der Waals surface area (Å²) in [5, 5.41) is 1.16. The second-order valence-electron chi connectivity index (χ2n) is 5.60. The lowest BCUT2D eigenvalue weighted by Gasteiger charge is -2.24. The van der Waals surface area contributed by atoms with Gasteiger partial charge < -0.3 is 10.6 Å². The minimum absolute atomic E-state index is 0.283. The fourth-order valence-corrected chi connectivity index (χ4v) is 4.17. The minimum Gasteiger partial charge on any atom is -0.368 e. The van der Waals surface area contributed by atoms with Gasteiger partial charge in [0.1, 0.15) is 10.8 Å². The highest BCUT2D eigenvalue weighted by molar-refractivity contribution is 7.18. The molecule has 0 bridgehead atoms. The van der Waals surface area contributed by atoms with Gasteiger partial charge in [0.05, 0.1) is 16.3 Å². The highest BCUT2D eigenvalue weighted by atomic mass is 32.1. The maximum Gasteiger partial charge on any atom is 0.222 e. The molecule has 1 fully saturated rings. The van der Waals surface area contributed by atoms with E-state index in [-0.39, 0.29) is 6.04 Å². The minimum atomic E-state index is 0.283. The van der Waals surface area contributed by atoms with Crippen molar-refractivity contribution in [1.29, 1.82) is 0 Å². The summed E-state index contributed by atoms with van der Waals surface area (Å²) in [5.41, 5.74) is 7.79. The first-order chi connectivity index (χ1) is 10.7. The van der Waals surface area contributed by atoms with E-state index < -0.39 is 0 Å². The van der Waals surface area contributed by atoms with Crippen LogP contribution in [-0.4, -0.2) is 21.5 Å². The maximum absolute atomic E-state index is 5.81. The lowest BCUT2D eigenvalue weighted by molar-refractivity contribution is 0.706. The number of anilines is 2. The number of hydrogen-bond donors (Lipinski definition) is 1. The lowest BCUT2D eigenvalue weighted by atomic mass is 10.2. The molecule has 6 heteroatoms. The highest BCUT2D eigenvalue weighted by Crippen LogP contribution is 2.38. The van der Waals surface area contributed by atoms with Crippen LogP contribution in [0.15, 0.2) is 30.3 Å². The Morgan fingerprint density at radius 2 is 2.09 bits per heavy atom. The number of hydrogen-bond acceptors (Lipinski definition) is 6. The molecule has 3 aromatic rings. The van der Waals surface area contributed by atoms with Crippen molar-refractivity contribution in [3.8, 4) is 0 Å². The smallest absolute Gasteiger partial charge is 0.222 e. The van der Waals surface area contributed by atoms with Crippen molar-refractivity contribution < 1.29 is 0 Å². The summed E-state index contributed by atoms with van der Waals surface area (Å²) in [4.78, 5) is 15.7. The number of para-hydroxylation sites is 1. The van der Waals surface area contributed by atoms with Gasteiger partial charge in [-0.15, -0.1) is 11.3 Å². The van der Waals surface area contributed by atoms with Gasteiger partial charge in [0.2, 0.25) is 5.95 Å². The molecule has 5 nitrogen and oxygen atoms in total. The van der Waals surface area contributed by atoms with E-state index in [1.54, 1.807) is 11.3 Å². The van der Waals surface area contributed by atoms with Crippen molar-refractivity contribution in [1.82, 2.24) is 15.0 Å². The van der Waals surface area contributed by atoms with Crippen LogP contribution in [0.2, 0.25) is 0 Å². The first-order valence-electron chi connectivity index (χ1n) is 7.44. The molecule has 1 atom stereocenters. The maximum atomic E-state index is 5.81. The van der Waals surface area contributed by atoms with Crippen molar-refractivity contribution in [3.05, 3.63) is 41.0 Å². The number of aromatic nitrogens is 3. The standard InChI is InChI=1S/C16H17N5S/c1-10-9-14(20-16(17)18-10)21-8-4-6-12(21)15-19-11-5-2-3-7-13(11)22-15/h2-3,5,7,9,12H,4,6,8H2,1H3,(H2,17,18,20)/t12-/m0/s1. The van der Waals surface area contributed by atoms with Crippen molar-refractivity contribution in [3.63, 3.8) is 0 Å². The van der Waals surface area contributed by atoms with E-state index >= 15 is 0 Å². The Kier molecular flexibility index (Phi) is 3.18. The number of nitrogens with two attached hydrogens (primary N) is 1. The fraction of sp³-hybridized carbons (Fsp3) is 0.312. The molecule has 4 rings (SSSR count). The van der Waals surface area contributed by atoms with Crippen LogP contribution in [0.4, 0.5) is 11.8 Å². The summed E-state index contributed by atoms with van der Waals surface area (Å²) in [6.45, 7) is 2.93. The summed E-state index contributed by atoms with van der Waals surface area (Å²) in [6, 6.07) is 10.6. The van der Waals surface area contributed by atoms with Crippen LogP contribution in [0.1, 0.15) is 29.6 Å². The van der Waals surface area contributed by atoms with E-state index in [0.29, 0.717) is 5.95 Å². The van der Waals surface area contributed by atoms with Crippen LogP contribution in [-0.2, 0) is 0 Å². The number of nitrogen functional groups attached to an aromatic ring is 1. The molecular weight excluding hydrogens is 294 g/mol. The molecule has 0 aliphatic carbocycles. The van der Waals surface area contributed by atoms with Gasteiger partial charge in [0.15, 0.2) is 0 Å². The predicted molar refractivity (Wildman–Crippen MR) is 90.1 cm³/mol. The molecule has 0 amide bonds. The molecule has 0 spiro atoms. The Morgan fingerprint density at radius 1 is 1.23 bits per heavy atom. The zero-order valence-corrected chi connectivity index (χ0v) is 13.2. The molecule has 112 valence electrons. The van der Waals surface area contributed by atoms with Crippen molar-refractivity contribution >= 4 is 33.3 Å². The molecule has 2 N–H and O–H groups in total. The van der Waals surface area contributed by atoms with E-state index in [0.717, 1.165) is 41.4 Å². The van der Waals surface area contributed by atoms with Crippen LogP contribution >= 0.6 is 11.3 Å². The third-order valence-electron chi connectivity index (χ3n) is 4.00. The summed E-state index contributed by atoms with van der Waals surface area (Å²) in [6.07, 6.45) is 2.24. The normalized spacial score (nSPS) is 18.2. The van der Waals surface area contributed by atoms with Gasteiger partial charge in [0, 0.05) is 18.3 Å². The summed E-state index contributed by atoms with van der Waals surface area (Å²) < 4.78 is 1.24. The SMILES string of the molecule is Cc1cc(N2CCC[C@H]2c2nc3ccccc3s2)nc(N)n1. The first-order valence-corrected chi connectivity index (χ1v) is 8.25. The zero-order valence-electron chi connectivity index (χ0n) is 12.4. The average molecular weight is 311 g/mol. The van der Waals surface area contributed by atoms with Gasteiger partial charge in [0.25, 0.3) is 0 Å². The van der Waals surface area contributed by atoms with Crippen LogP contribution < -0.4 is 10.6 Å². The van der Waals surface area contributed by atoms with Crippen molar-refractivity contribution in [2.75, 3.05) is 17.2 Å². The molecule has 3 heterocycles. The van der Waals surface area contributed by atoms with Gasteiger partial charge in [-0.2, -0.15) is 4.98 Å². The number of thiazole rings is 1. The van der Waals surface area contributed by atoms with Gasteiger partial charge >= 0.3 is 0 Å². The third kappa shape index (κ3) is 2.29. The molecule has 2 aromatic heterocycles. The second kappa shape index (κ2) is 5.21. The average Bonchev–Trinajstić information content (AvgIpc) is 3.12. The van der Waals surface area contributed by atoms with Gasteiger partial charge in [-0.05, 0) is 31.9 Å². The Labute approximate surface area is 132 Å². The molecule has 1 aromatic carbocycles. The van der Waals surface area contributed by atoms with E-state index in [2.05, 4.69) is 33.1 Å². The Balaban J connectivity index is 1.74. The highest BCUT2D eigenvalue weighted by Gasteiger charge is 2.30. The Morgan fingerprint density at radius 3 is 2.91 bits per heavy atom.